The maximum atomic E-state index is 11.8. The maximum absolute atomic E-state index is 11.8. The molecule has 1 aliphatic rings. The van der Waals surface area contributed by atoms with E-state index in [0.717, 1.165) is 38.2 Å². The summed E-state index contributed by atoms with van der Waals surface area (Å²) in [5.74, 6) is 0.857. The Kier molecular flexibility index (Phi) is 8.81. The molecule has 5 nitrogen and oxygen atoms in total. The summed E-state index contributed by atoms with van der Waals surface area (Å²) in [4.78, 5) is 17.4. The molecule has 0 aliphatic heterocycles. The SMILES string of the molecule is CCOC(=O)C1CCC(NC(=NC)NCC(C)Sc2ccccc2)CC1. The number of hydrogen-bond acceptors (Lipinski definition) is 4. The van der Waals surface area contributed by atoms with E-state index < -0.39 is 0 Å². The number of aliphatic imine (C=N–C) groups is 1. The zero-order chi connectivity index (χ0) is 18.8. The van der Waals surface area contributed by atoms with Crippen LogP contribution < -0.4 is 10.6 Å². The van der Waals surface area contributed by atoms with Crippen LogP contribution in [0.3, 0.4) is 0 Å². The molecule has 26 heavy (non-hydrogen) atoms. The van der Waals surface area contributed by atoms with E-state index in [1.807, 2.05) is 24.8 Å². The zero-order valence-corrected chi connectivity index (χ0v) is 16.8. The van der Waals surface area contributed by atoms with Gasteiger partial charge < -0.3 is 15.4 Å². The maximum Gasteiger partial charge on any atom is 0.308 e. The smallest absolute Gasteiger partial charge is 0.308 e. The summed E-state index contributed by atoms with van der Waals surface area (Å²) < 4.78 is 5.13. The Morgan fingerprint density at radius 3 is 2.58 bits per heavy atom. The first-order valence-electron chi connectivity index (χ1n) is 9.47. The highest BCUT2D eigenvalue weighted by Gasteiger charge is 2.27. The van der Waals surface area contributed by atoms with Gasteiger partial charge in [-0.05, 0) is 44.7 Å². The molecule has 2 rings (SSSR count). The molecule has 0 radical (unpaired) electrons. The molecule has 0 bridgehead atoms. The standard InChI is InChI=1S/C20H31N3O2S/c1-4-25-19(24)16-10-12-17(13-11-16)23-20(21-3)22-14-15(2)26-18-8-6-5-7-9-18/h5-9,15-17H,4,10-14H2,1-3H3,(H2,21,22,23). The monoisotopic (exact) mass is 377 g/mol. The van der Waals surface area contributed by atoms with Crippen LogP contribution in [-0.4, -0.2) is 43.4 Å². The molecule has 1 unspecified atom stereocenters. The van der Waals surface area contributed by atoms with Gasteiger partial charge in [-0.15, -0.1) is 11.8 Å². The van der Waals surface area contributed by atoms with Crippen molar-refractivity contribution in [2.24, 2.45) is 10.9 Å². The van der Waals surface area contributed by atoms with Gasteiger partial charge in [0.05, 0.1) is 12.5 Å². The van der Waals surface area contributed by atoms with Crippen LogP contribution in [0, 0.1) is 5.92 Å². The largest absolute Gasteiger partial charge is 0.466 e. The van der Waals surface area contributed by atoms with E-state index in [4.69, 9.17) is 4.74 Å². The highest BCUT2D eigenvalue weighted by Crippen LogP contribution is 2.25. The Bertz CT molecular complexity index is 572. The van der Waals surface area contributed by atoms with E-state index in [9.17, 15) is 4.79 Å². The minimum absolute atomic E-state index is 0.0415. The van der Waals surface area contributed by atoms with Gasteiger partial charge in [0.1, 0.15) is 0 Å². The summed E-state index contributed by atoms with van der Waals surface area (Å²) in [5.41, 5.74) is 0. The molecule has 0 amide bonds. The Morgan fingerprint density at radius 2 is 1.96 bits per heavy atom. The molecule has 144 valence electrons. The first kappa shape index (κ1) is 20.6. The lowest BCUT2D eigenvalue weighted by Crippen LogP contribution is -2.46. The van der Waals surface area contributed by atoms with Gasteiger partial charge in [0.25, 0.3) is 0 Å². The van der Waals surface area contributed by atoms with Crippen molar-refractivity contribution in [1.82, 2.24) is 10.6 Å². The molecule has 1 aromatic carbocycles. The lowest BCUT2D eigenvalue weighted by Gasteiger charge is -2.29. The number of guanidine groups is 1. The fraction of sp³-hybridized carbons (Fsp3) is 0.600. The second kappa shape index (κ2) is 11.1. The van der Waals surface area contributed by atoms with E-state index in [0.29, 0.717) is 17.9 Å². The van der Waals surface area contributed by atoms with Crippen molar-refractivity contribution in [1.29, 1.82) is 0 Å². The molecular weight excluding hydrogens is 346 g/mol. The number of thioether (sulfide) groups is 1. The van der Waals surface area contributed by atoms with Gasteiger partial charge in [-0.3, -0.25) is 9.79 Å². The molecule has 0 saturated heterocycles. The topological polar surface area (TPSA) is 62.7 Å². The van der Waals surface area contributed by atoms with Gasteiger partial charge >= 0.3 is 5.97 Å². The minimum atomic E-state index is -0.0415. The summed E-state index contributed by atoms with van der Waals surface area (Å²) >= 11 is 1.85. The Labute approximate surface area is 161 Å². The summed E-state index contributed by atoms with van der Waals surface area (Å²) in [6.07, 6.45) is 3.71. The van der Waals surface area contributed by atoms with Crippen LogP contribution >= 0.6 is 11.8 Å². The predicted octanol–water partition coefficient (Wildman–Crippen LogP) is 3.45. The molecule has 6 heteroatoms. The minimum Gasteiger partial charge on any atom is -0.466 e. The van der Waals surface area contributed by atoms with Crippen LogP contribution in [0.25, 0.3) is 0 Å². The third-order valence-electron chi connectivity index (χ3n) is 4.55. The number of carbonyl (C=O) groups is 1. The van der Waals surface area contributed by atoms with Gasteiger partial charge in [-0.25, -0.2) is 0 Å². The van der Waals surface area contributed by atoms with E-state index in [2.05, 4.69) is 46.8 Å². The van der Waals surface area contributed by atoms with Crippen molar-refractivity contribution in [3.8, 4) is 0 Å². The summed E-state index contributed by atoms with van der Waals surface area (Å²) in [7, 11) is 1.80. The van der Waals surface area contributed by atoms with E-state index in [-0.39, 0.29) is 11.9 Å². The Hall–Kier alpha value is -1.69. The summed E-state index contributed by atoms with van der Waals surface area (Å²) in [6.45, 7) is 5.38. The van der Waals surface area contributed by atoms with Crippen molar-refractivity contribution in [3.05, 3.63) is 30.3 Å². The number of hydrogen-bond donors (Lipinski definition) is 2. The second-order valence-corrected chi connectivity index (χ2v) is 8.15. The number of ether oxygens (including phenoxy) is 1. The van der Waals surface area contributed by atoms with Crippen LogP contribution in [0.1, 0.15) is 39.5 Å². The van der Waals surface area contributed by atoms with Crippen molar-refractivity contribution < 1.29 is 9.53 Å². The van der Waals surface area contributed by atoms with Crippen molar-refractivity contribution in [2.45, 2.75) is 55.7 Å². The number of carbonyl (C=O) groups excluding carboxylic acids is 1. The number of rotatable bonds is 7. The van der Waals surface area contributed by atoms with Crippen LogP contribution in [0.2, 0.25) is 0 Å². The van der Waals surface area contributed by atoms with E-state index >= 15 is 0 Å². The first-order chi connectivity index (χ1) is 12.6. The number of benzene rings is 1. The van der Waals surface area contributed by atoms with Crippen LogP contribution in [0.5, 0.6) is 0 Å². The molecular formula is C20H31N3O2S. The van der Waals surface area contributed by atoms with Gasteiger partial charge in [0.15, 0.2) is 5.96 Å². The number of nitrogens with one attached hydrogen (secondary N) is 2. The van der Waals surface area contributed by atoms with Gasteiger partial charge in [-0.1, -0.05) is 25.1 Å². The molecule has 1 saturated carbocycles. The van der Waals surface area contributed by atoms with Crippen molar-refractivity contribution in [2.75, 3.05) is 20.2 Å². The van der Waals surface area contributed by atoms with Crippen molar-refractivity contribution >= 4 is 23.7 Å². The Morgan fingerprint density at radius 1 is 1.27 bits per heavy atom. The van der Waals surface area contributed by atoms with Crippen LogP contribution in [0.4, 0.5) is 0 Å². The molecule has 1 fully saturated rings. The number of esters is 1. The van der Waals surface area contributed by atoms with Gasteiger partial charge in [-0.2, -0.15) is 0 Å². The fourth-order valence-electron chi connectivity index (χ4n) is 3.13. The average Bonchev–Trinajstić information content (AvgIpc) is 2.66. The first-order valence-corrected chi connectivity index (χ1v) is 10.4. The normalized spacial score (nSPS) is 21.7. The van der Waals surface area contributed by atoms with E-state index in [1.54, 1.807) is 7.05 Å². The average molecular weight is 378 g/mol. The zero-order valence-electron chi connectivity index (χ0n) is 16.0. The summed E-state index contributed by atoms with van der Waals surface area (Å²) in [5, 5.41) is 7.35. The number of nitrogens with zero attached hydrogens (tertiary/aromatic N) is 1. The second-order valence-electron chi connectivity index (χ2n) is 6.64. The molecule has 2 N–H and O–H groups in total. The van der Waals surface area contributed by atoms with Gasteiger partial charge in [0.2, 0.25) is 0 Å². The van der Waals surface area contributed by atoms with Crippen molar-refractivity contribution in [3.63, 3.8) is 0 Å². The molecule has 0 spiro atoms. The fourth-order valence-corrected chi connectivity index (χ4v) is 4.08. The van der Waals surface area contributed by atoms with Crippen LogP contribution in [0.15, 0.2) is 40.2 Å². The lowest BCUT2D eigenvalue weighted by molar-refractivity contribution is -0.149. The third-order valence-corrected chi connectivity index (χ3v) is 5.66. The third kappa shape index (κ3) is 6.90. The lowest BCUT2D eigenvalue weighted by atomic mass is 9.86. The Balaban J connectivity index is 1.70. The summed E-state index contributed by atoms with van der Waals surface area (Å²) in [6, 6.07) is 10.8. The molecule has 1 atom stereocenters. The highest BCUT2D eigenvalue weighted by atomic mass is 32.2. The predicted molar refractivity (Wildman–Crippen MR) is 109 cm³/mol. The van der Waals surface area contributed by atoms with Crippen LogP contribution in [-0.2, 0) is 9.53 Å². The van der Waals surface area contributed by atoms with E-state index in [1.165, 1.54) is 4.90 Å². The molecule has 1 aliphatic carbocycles. The molecule has 0 aromatic heterocycles. The highest BCUT2D eigenvalue weighted by molar-refractivity contribution is 8.00. The quantitative estimate of drug-likeness (QED) is 0.330. The molecule has 0 heterocycles. The molecule has 1 aromatic rings. The van der Waals surface area contributed by atoms with Gasteiger partial charge in [0, 0.05) is 29.8 Å².